The second-order valence-corrected chi connectivity index (χ2v) is 8.45. The topological polar surface area (TPSA) is 108 Å². The summed E-state index contributed by atoms with van der Waals surface area (Å²) in [5.74, 6) is -1.09. The van der Waals surface area contributed by atoms with Gasteiger partial charge in [-0.05, 0) is 36.5 Å². The van der Waals surface area contributed by atoms with Crippen molar-refractivity contribution >= 4 is 35.1 Å². The molecule has 1 aliphatic heterocycles. The Hall–Kier alpha value is -2.48. The number of rotatable bonds is 4. The second kappa shape index (κ2) is 7.26. The van der Waals surface area contributed by atoms with Crippen LogP contribution in [0.1, 0.15) is 37.0 Å². The number of hydrogen-bond donors (Lipinski definition) is 3. The van der Waals surface area contributed by atoms with E-state index in [1.165, 1.54) is 24.9 Å². The molecule has 1 heterocycles. The van der Waals surface area contributed by atoms with Crippen LogP contribution in [-0.2, 0) is 4.79 Å². The molecule has 3 rings (SSSR count). The highest BCUT2D eigenvalue weighted by molar-refractivity contribution is 8.04. The Kier molecular flexibility index (Phi) is 5.19. The van der Waals surface area contributed by atoms with Crippen molar-refractivity contribution in [3.05, 3.63) is 34.4 Å². The first-order valence-corrected chi connectivity index (χ1v) is 9.53. The number of nitrogens with zero attached hydrogens (tertiary/aromatic N) is 1. The number of carbonyl (C=O) groups is 2. The van der Waals surface area contributed by atoms with Crippen LogP contribution in [0.2, 0.25) is 0 Å². The van der Waals surface area contributed by atoms with E-state index in [0.717, 1.165) is 22.7 Å². The molecule has 2 aliphatic rings. The number of allylic oxidation sites excluding steroid dienone is 2. The first-order valence-electron chi connectivity index (χ1n) is 8.55. The molecule has 144 valence electrons. The quantitative estimate of drug-likeness (QED) is 0.724. The smallest absolute Gasteiger partial charge is 0.338 e. The summed E-state index contributed by atoms with van der Waals surface area (Å²) >= 11 is 1.47. The van der Waals surface area contributed by atoms with Gasteiger partial charge in [-0.25, -0.2) is 9.59 Å². The fourth-order valence-corrected chi connectivity index (χ4v) is 4.46. The fourth-order valence-electron chi connectivity index (χ4n) is 3.31. The summed E-state index contributed by atoms with van der Waals surface area (Å²) in [5, 5.41) is 22.0. The summed E-state index contributed by atoms with van der Waals surface area (Å²) in [6.45, 7) is 4.18. The minimum absolute atomic E-state index is 0.0737. The molecule has 0 radical (unpaired) electrons. The molecule has 0 saturated heterocycles. The van der Waals surface area contributed by atoms with Crippen LogP contribution >= 0.6 is 11.8 Å². The lowest BCUT2D eigenvalue weighted by atomic mass is 9.78. The highest BCUT2D eigenvalue weighted by Crippen LogP contribution is 2.43. The van der Waals surface area contributed by atoms with E-state index in [4.69, 9.17) is 4.74 Å². The molecule has 1 atom stereocenters. The van der Waals surface area contributed by atoms with Gasteiger partial charge in [0.25, 0.3) is 0 Å². The number of nitrogens with one attached hydrogen (secondary N) is 1. The minimum Gasteiger partial charge on any atom is -0.497 e. The highest BCUT2D eigenvalue weighted by Gasteiger charge is 2.37. The normalized spacial score (nSPS) is 22.8. The van der Waals surface area contributed by atoms with Gasteiger partial charge >= 0.3 is 11.9 Å². The average Bonchev–Trinajstić information content (AvgIpc) is 2.60. The van der Waals surface area contributed by atoms with Crippen molar-refractivity contribution in [3.8, 4) is 5.75 Å². The maximum atomic E-state index is 11.6. The number of methoxy groups -OCH3 is 1. The summed E-state index contributed by atoms with van der Waals surface area (Å²) in [4.78, 5) is 28.6. The van der Waals surface area contributed by atoms with Crippen molar-refractivity contribution in [2.45, 2.75) is 32.7 Å². The monoisotopic (exact) mass is 390 g/mol. The molecule has 0 saturated carbocycles. The van der Waals surface area contributed by atoms with Crippen LogP contribution in [0.5, 0.6) is 5.75 Å². The molecule has 0 spiro atoms. The zero-order valence-corrected chi connectivity index (χ0v) is 16.2. The first-order chi connectivity index (χ1) is 12.7. The fraction of sp³-hybridized carbons (Fsp3) is 0.421. The van der Waals surface area contributed by atoms with Crippen LogP contribution in [0.3, 0.4) is 0 Å². The van der Waals surface area contributed by atoms with Gasteiger partial charge in [0.15, 0.2) is 0 Å². The number of aromatic carboxylic acids is 1. The third kappa shape index (κ3) is 4.10. The van der Waals surface area contributed by atoms with Gasteiger partial charge in [-0.15, -0.1) is 11.8 Å². The molecule has 0 amide bonds. The Morgan fingerprint density at radius 1 is 1.30 bits per heavy atom. The number of carboxylic acids is 2. The zero-order valence-electron chi connectivity index (χ0n) is 15.4. The predicted molar refractivity (Wildman–Crippen MR) is 104 cm³/mol. The van der Waals surface area contributed by atoms with Gasteiger partial charge < -0.3 is 20.3 Å². The SMILES string of the molecule is COc1ccc(/N=C2\CC(C)(C)CC3=C2SCC(C(=O)O)N3)c(C(=O)O)c1. The van der Waals surface area contributed by atoms with E-state index >= 15 is 0 Å². The van der Waals surface area contributed by atoms with Crippen molar-refractivity contribution in [1.29, 1.82) is 0 Å². The van der Waals surface area contributed by atoms with Crippen LogP contribution in [0.25, 0.3) is 0 Å². The number of aliphatic imine (C=N–C) groups is 1. The molecule has 3 N–H and O–H groups in total. The van der Waals surface area contributed by atoms with Crippen molar-refractivity contribution in [2.75, 3.05) is 12.9 Å². The predicted octanol–water partition coefficient (Wildman–Crippen LogP) is 3.29. The van der Waals surface area contributed by atoms with Crippen molar-refractivity contribution < 1.29 is 24.5 Å². The van der Waals surface area contributed by atoms with E-state index in [2.05, 4.69) is 24.2 Å². The third-order valence-electron chi connectivity index (χ3n) is 4.57. The number of benzene rings is 1. The standard InChI is InChI=1S/C19H22N2O5S/c1-19(2)7-13(16-14(8-19)21-15(9-27-16)18(24)25)20-12-5-4-10(26-3)6-11(12)17(22)23/h4-6,15,21H,7-9H2,1-3H3,(H,22,23)(H,24,25)/b20-13+. The maximum Gasteiger partial charge on any atom is 0.338 e. The Morgan fingerprint density at radius 2 is 2.04 bits per heavy atom. The van der Waals surface area contributed by atoms with Gasteiger partial charge in [0, 0.05) is 16.4 Å². The van der Waals surface area contributed by atoms with Crippen LogP contribution in [0.15, 0.2) is 33.8 Å². The van der Waals surface area contributed by atoms with Gasteiger partial charge in [-0.1, -0.05) is 13.8 Å². The minimum atomic E-state index is -1.07. The highest BCUT2D eigenvalue weighted by atomic mass is 32.2. The van der Waals surface area contributed by atoms with Crippen LogP contribution < -0.4 is 10.1 Å². The molecule has 27 heavy (non-hydrogen) atoms. The zero-order chi connectivity index (χ0) is 19.8. The van der Waals surface area contributed by atoms with Crippen LogP contribution in [-0.4, -0.2) is 46.8 Å². The van der Waals surface area contributed by atoms with Crippen molar-refractivity contribution in [1.82, 2.24) is 5.32 Å². The van der Waals surface area contributed by atoms with E-state index < -0.39 is 18.0 Å². The molecule has 1 aromatic carbocycles. The molecular weight excluding hydrogens is 368 g/mol. The van der Waals surface area contributed by atoms with Gasteiger partial charge in [0.2, 0.25) is 0 Å². The summed E-state index contributed by atoms with van der Waals surface area (Å²) in [6.07, 6.45) is 1.41. The van der Waals surface area contributed by atoms with Crippen molar-refractivity contribution in [3.63, 3.8) is 0 Å². The summed E-state index contributed by atoms with van der Waals surface area (Å²) in [5.41, 5.74) is 1.99. The van der Waals surface area contributed by atoms with Gasteiger partial charge in [-0.3, -0.25) is 4.99 Å². The van der Waals surface area contributed by atoms with Gasteiger partial charge in [0.1, 0.15) is 11.8 Å². The number of aliphatic carboxylic acids is 1. The average molecular weight is 390 g/mol. The molecule has 0 bridgehead atoms. The van der Waals surface area contributed by atoms with E-state index in [9.17, 15) is 19.8 Å². The number of hydrogen-bond acceptors (Lipinski definition) is 6. The molecule has 7 nitrogen and oxygen atoms in total. The van der Waals surface area contributed by atoms with Gasteiger partial charge in [-0.2, -0.15) is 0 Å². The van der Waals surface area contributed by atoms with E-state index in [1.54, 1.807) is 12.1 Å². The molecule has 0 fully saturated rings. The maximum absolute atomic E-state index is 11.6. The Bertz CT molecular complexity index is 860. The molecule has 0 aromatic heterocycles. The Morgan fingerprint density at radius 3 is 2.67 bits per heavy atom. The number of ether oxygens (including phenoxy) is 1. The largest absolute Gasteiger partial charge is 0.497 e. The van der Waals surface area contributed by atoms with Gasteiger partial charge in [0.05, 0.1) is 24.1 Å². The molecule has 1 unspecified atom stereocenters. The van der Waals surface area contributed by atoms with Crippen LogP contribution in [0.4, 0.5) is 5.69 Å². The second-order valence-electron chi connectivity index (χ2n) is 7.42. The van der Waals surface area contributed by atoms with E-state index in [1.807, 2.05) is 0 Å². The molecule has 8 heteroatoms. The lowest BCUT2D eigenvalue weighted by molar-refractivity contribution is -0.138. The third-order valence-corrected chi connectivity index (χ3v) is 5.84. The number of thioether (sulfide) groups is 1. The molecule has 1 aliphatic carbocycles. The summed E-state index contributed by atoms with van der Waals surface area (Å²) < 4.78 is 5.11. The van der Waals surface area contributed by atoms with E-state index in [-0.39, 0.29) is 11.0 Å². The summed E-state index contributed by atoms with van der Waals surface area (Å²) in [6, 6.07) is 4.15. The lowest BCUT2D eigenvalue weighted by Gasteiger charge is -2.38. The number of carboxylic acid groups (broad SMARTS) is 2. The molecular formula is C19H22N2O5S. The van der Waals surface area contributed by atoms with Crippen molar-refractivity contribution in [2.24, 2.45) is 10.4 Å². The lowest BCUT2D eigenvalue weighted by Crippen LogP contribution is -2.44. The summed E-state index contributed by atoms with van der Waals surface area (Å²) in [7, 11) is 1.48. The first kappa shape index (κ1) is 19.3. The van der Waals surface area contributed by atoms with Crippen LogP contribution in [0, 0.1) is 5.41 Å². The Labute approximate surface area is 161 Å². The molecule has 1 aromatic rings. The van der Waals surface area contributed by atoms with E-state index in [0.29, 0.717) is 23.6 Å². The Balaban J connectivity index is 2.06.